The zero-order valence-corrected chi connectivity index (χ0v) is 14.5. The summed E-state index contributed by atoms with van der Waals surface area (Å²) in [5.41, 5.74) is 2.87. The Bertz CT molecular complexity index is 970. The Balaban J connectivity index is 1.68. The normalized spacial score (nSPS) is 14.8. The second-order valence-electron chi connectivity index (χ2n) is 6.03. The third-order valence-corrected chi connectivity index (χ3v) is 3.95. The summed E-state index contributed by atoms with van der Waals surface area (Å²) in [7, 11) is 0. The first-order chi connectivity index (χ1) is 13.0. The molecule has 1 aliphatic rings. The van der Waals surface area contributed by atoms with Crippen LogP contribution >= 0.6 is 0 Å². The quantitative estimate of drug-likeness (QED) is 0.645. The standard InChI is InChI=1S/C20H16N4O3/c1-13-2-8-16(9-3-13)22-18(25)12-24-19(26)17(23-20(24)27)10-14-4-6-15(11-21)7-5-14/h2-10H,12H2,1H3,(H,22,25)(H,23,27). The van der Waals surface area contributed by atoms with E-state index in [0.717, 1.165) is 10.5 Å². The van der Waals surface area contributed by atoms with Crippen LogP contribution in [0.2, 0.25) is 0 Å². The Labute approximate surface area is 155 Å². The number of anilines is 1. The van der Waals surface area contributed by atoms with Gasteiger partial charge in [0.25, 0.3) is 5.91 Å². The lowest BCUT2D eigenvalue weighted by Crippen LogP contribution is -2.38. The number of hydrogen-bond donors (Lipinski definition) is 2. The fraction of sp³-hybridized carbons (Fsp3) is 0.100. The molecule has 0 aliphatic carbocycles. The number of benzene rings is 2. The molecule has 4 amide bonds. The molecule has 0 aromatic heterocycles. The van der Waals surface area contributed by atoms with E-state index in [-0.39, 0.29) is 12.2 Å². The van der Waals surface area contributed by atoms with Crippen molar-refractivity contribution in [3.63, 3.8) is 0 Å². The van der Waals surface area contributed by atoms with E-state index < -0.39 is 17.8 Å². The van der Waals surface area contributed by atoms with E-state index >= 15 is 0 Å². The van der Waals surface area contributed by atoms with E-state index in [2.05, 4.69) is 10.6 Å². The second kappa shape index (κ2) is 7.54. The highest BCUT2D eigenvalue weighted by atomic mass is 16.2. The SMILES string of the molecule is Cc1ccc(NC(=O)CN2C(=O)NC(=Cc3ccc(C#N)cc3)C2=O)cc1. The summed E-state index contributed by atoms with van der Waals surface area (Å²) >= 11 is 0. The van der Waals surface area contributed by atoms with Gasteiger partial charge in [-0.2, -0.15) is 5.26 Å². The third kappa shape index (κ3) is 4.19. The summed E-state index contributed by atoms with van der Waals surface area (Å²) in [5.74, 6) is -1.05. The number of nitriles is 1. The summed E-state index contributed by atoms with van der Waals surface area (Å²) < 4.78 is 0. The van der Waals surface area contributed by atoms with Crippen LogP contribution in [0.3, 0.4) is 0 Å². The summed E-state index contributed by atoms with van der Waals surface area (Å²) in [6.07, 6.45) is 1.50. The maximum Gasteiger partial charge on any atom is 0.329 e. The Hall–Kier alpha value is -3.92. The zero-order chi connectivity index (χ0) is 19.4. The van der Waals surface area contributed by atoms with E-state index in [1.165, 1.54) is 6.08 Å². The molecular weight excluding hydrogens is 344 g/mol. The topological polar surface area (TPSA) is 102 Å². The molecule has 2 N–H and O–H groups in total. The van der Waals surface area contributed by atoms with E-state index in [1.807, 2.05) is 25.1 Å². The number of hydrogen-bond acceptors (Lipinski definition) is 4. The first-order valence-corrected chi connectivity index (χ1v) is 8.17. The lowest BCUT2D eigenvalue weighted by Gasteiger charge is -2.12. The first-order valence-electron chi connectivity index (χ1n) is 8.17. The lowest BCUT2D eigenvalue weighted by atomic mass is 10.1. The van der Waals surface area contributed by atoms with E-state index in [4.69, 9.17) is 5.26 Å². The molecule has 0 bridgehead atoms. The molecule has 3 rings (SSSR count). The highest BCUT2D eigenvalue weighted by Gasteiger charge is 2.34. The number of carbonyl (C=O) groups excluding carboxylic acids is 3. The molecule has 0 spiro atoms. The molecule has 0 radical (unpaired) electrons. The molecule has 1 heterocycles. The van der Waals surface area contributed by atoms with Crippen molar-refractivity contribution in [2.45, 2.75) is 6.92 Å². The smallest absolute Gasteiger partial charge is 0.325 e. The van der Waals surface area contributed by atoms with Crippen LogP contribution in [-0.2, 0) is 9.59 Å². The van der Waals surface area contributed by atoms with Gasteiger partial charge in [0.1, 0.15) is 12.2 Å². The van der Waals surface area contributed by atoms with Crippen LogP contribution < -0.4 is 10.6 Å². The molecule has 1 saturated heterocycles. The molecule has 1 fully saturated rings. The maximum absolute atomic E-state index is 12.4. The number of nitrogens with one attached hydrogen (secondary N) is 2. The molecule has 7 heteroatoms. The minimum atomic E-state index is -0.654. The van der Waals surface area contributed by atoms with Gasteiger partial charge in [-0.25, -0.2) is 9.69 Å². The minimum absolute atomic E-state index is 0.0767. The summed E-state index contributed by atoms with van der Waals surface area (Å²) in [5, 5.41) is 13.9. The van der Waals surface area contributed by atoms with Crippen molar-refractivity contribution in [2.24, 2.45) is 0 Å². The molecular formula is C20H16N4O3. The van der Waals surface area contributed by atoms with Crippen LogP contribution in [0.5, 0.6) is 0 Å². The van der Waals surface area contributed by atoms with Gasteiger partial charge < -0.3 is 10.6 Å². The fourth-order valence-corrected chi connectivity index (χ4v) is 2.52. The van der Waals surface area contributed by atoms with Gasteiger partial charge in [0.05, 0.1) is 11.6 Å². The number of nitrogens with zero attached hydrogens (tertiary/aromatic N) is 2. The average molecular weight is 360 g/mol. The zero-order valence-electron chi connectivity index (χ0n) is 14.5. The summed E-state index contributed by atoms with van der Waals surface area (Å²) in [4.78, 5) is 37.5. The number of imide groups is 1. The van der Waals surface area contributed by atoms with Crippen LogP contribution in [-0.4, -0.2) is 29.3 Å². The second-order valence-corrected chi connectivity index (χ2v) is 6.03. The molecule has 27 heavy (non-hydrogen) atoms. The number of urea groups is 1. The number of amides is 4. The average Bonchev–Trinajstić information content (AvgIpc) is 2.91. The van der Waals surface area contributed by atoms with Crippen molar-refractivity contribution < 1.29 is 14.4 Å². The van der Waals surface area contributed by atoms with Crippen molar-refractivity contribution in [2.75, 3.05) is 11.9 Å². The van der Waals surface area contributed by atoms with Crippen molar-refractivity contribution in [3.05, 3.63) is 70.9 Å². The van der Waals surface area contributed by atoms with Crippen molar-refractivity contribution in [1.29, 1.82) is 5.26 Å². The highest BCUT2D eigenvalue weighted by Crippen LogP contribution is 2.15. The molecule has 2 aromatic rings. The van der Waals surface area contributed by atoms with Gasteiger partial charge in [0.2, 0.25) is 5.91 Å². The predicted octanol–water partition coefficient (Wildman–Crippen LogP) is 2.40. The molecule has 0 saturated carbocycles. The molecule has 2 aromatic carbocycles. The third-order valence-electron chi connectivity index (χ3n) is 3.95. The van der Waals surface area contributed by atoms with Gasteiger partial charge >= 0.3 is 6.03 Å². The lowest BCUT2D eigenvalue weighted by molar-refractivity contribution is -0.127. The fourth-order valence-electron chi connectivity index (χ4n) is 2.52. The van der Waals surface area contributed by atoms with Gasteiger partial charge in [-0.15, -0.1) is 0 Å². The molecule has 0 atom stereocenters. The van der Waals surface area contributed by atoms with Gasteiger partial charge in [0.15, 0.2) is 0 Å². The van der Waals surface area contributed by atoms with E-state index in [9.17, 15) is 14.4 Å². The van der Waals surface area contributed by atoms with Crippen LogP contribution in [0.4, 0.5) is 10.5 Å². The Morgan fingerprint density at radius 1 is 1.15 bits per heavy atom. The maximum atomic E-state index is 12.4. The number of rotatable bonds is 4. The monoisotopic (exact) mass is 360 g/mol. The van der Waals surface area contributed by atoms with Crippen molar-refractivity contribution in [1.82, 2.24) is 10.2 Å². The first kappa shape index (κ1) is 17.9. The molecule has 0 unspecified atom stereocenters. The van der Waals surface area contributed by atoms with Crippen molar-refractivity contribution in [3.8, 4) is 6.07 Å². The number of aryl methyl sites for hydroxylation is 1. The summed E-state index contributed by atoms with van der Waals surface area (Å²) in [6, 6.07) is 15.1. The van der Waals surface area contributed by atoms with Gasteiger partial charge in [0, 0.05) is 5.69 Å². The van der Waals surface area contributed by atoms with Gasteiger partial charge in [-0.3, -0.25) is 9.59 Å². The predicted molar refractivity (Wildman–Crippen MR) is 99.2 cm³/mol. The largest absolute Gasteiger partial charge is 0.329 e. The Morgan fingerprint density at radius 3 is 2.44 bits per heavy atom. The van der Waals surface area contributed by atoms with Crippen molar-refractivity contribution >= 4 is 29.6 Å². The van der Waals surface area contributed by atoms with Crippen LogP contribution in [0, 0.1) is 18.3 Å². The molecule has 134 valence electrons. The minimum Gasteiger partial charge on any atom is -0.325 e. The Kier molecular flexibility index (Phi) is 4.99. The van der Waals surface area contributed by atoms with Gasteiger partial charge in [-0.05, 0) is 42.8 Å². The van der Waals surface area contributed by atoms with Crippen LogP contribution in [0.15, 0.2) is 54.2 Å². The molecule has 7 nitrogen and oxygen atoms in total. The van der Waals surface area contributed by atoms with E-state index in [0.29, 0.717) is 16.8 Å². The molecule has 1 aliphatic heterocycles. The summed E-state index contributed by atoms with van der Waals surface area (Å²) in [6.45, 7) is 1.55. The van der Waals surface area contributed by atoms with Crippen LogP contribution in [0.25, 0.3) is 6.08 Å². The van der Waals surface area contributed by atoms with Crippen LogP contribution in [0.1, 0.15) is 16.7 Å². The van der Waals surface area contributed by atoms with Gasteiger partial charge in [-0.1, -0.05) is 29.8 Å². The number of carbonyl (C=O) groups is 3. The van der Waals surface area contributed by atoms with E-state index in [1.54, 1.807) is 36.4 Å². The Morgan fingerprint density at radius 2 is 1.81 bits per heavy atom. The highest BCUT2D eigenvalue weighted by molar-refractivity contribution is 6.15.